The van der Waals surface area contributed by atoms with Gasteiger partial charge in [0.05, 0.1) is 6.54 Å². The van der Waals surface area contributed by atoms with Gasteiger partial charge >= 0.3 is 0 Å². The Labute approximate surface area is 101 Å². The van der Waals surface area contributed by atoms with Crippen molar-refractivity contribution in [2.75, 3.05) is 13.1 Å². The smallest absolute Gasteiger partial charge is 0.151 e. The lowest BCUT2D eigenvalue weighted by molar-refractivity contribution is -0.119. The van der Waals surface area contributed by atoms with Crippen molar-refractivity contribution in [1.29, 1.82) is 0 Å². The van der Waals surface area contributed by atoms with Gasteiger partial charge in [0.1, 0.15) is 5.82 Å². The molecule has 0 bridgehead atoms. The van der Waals surface area contributed by atoms with Crippen LogP contribution in [0.1, 0.15) is 25.3 Å². The Bertz CT molecular complexity index is 405. The van der Waals surface area contributed by atoms with Crippen LogP contribution in [0.4, 0.5) is 4.39 Å². The van der Waals surface area contributed by atoms with Crippen LogP contribution in [-0.4, -0.2) is 29.8 Å². The summed E-state index contributed by atoms with van der Waals surface area (Å²) < 4.78 is 13.4. The highest BCUT2D eigenvalue weighted by Crippen LogP contribution is 2.16. The summed E-state index contributed by atoms with van der Waals surface area (Å²) in [6, 6.07) is 6.98. The molecule has 1 unspecified atom stereocenters. The van der Waals surface area contributed by atoms with Gasteiger partial charge < -0.3 is 0 Å². The van der Waals surface area contributed by atoms with Gasteiger partial charge in [-0.1, -0.05) is 18.2 Å². The second kappa shape index (κ2) is 5.41. The molecule has 1 aliphatic heterocycles. The molecule has 1 aliphatic rings. The standard InChI is InChI=1S/C14H18FNO/c1-11-5-4-8-16(11)10-13(17)9-12-6-2-3-7-14(12)15/h2-3,6-7,11H,4-5,8-10H2,1H3. The van der Waals surface area contributed by atoms with Crippen LogP contribution >= 0.6 is 0 Å². The van der Waals surface area contributed by atoms with Gasteiger partial charge in [0.15, 0.2) is 5.78 Å². The highest BCUT2D eigenvalue weighted by atomic mass is 19.1. The second-order valence-corrected chi connectivity index (χ2v) is 4.77. The lowest BCUT2D eigenvalue weighted by Gasteiger charge is -2.19. The molecular formula is C14H18FNO. The van der Waals surface area contributed by atoms with Crippen molar-refractivity contribution >= 4 is 5.78 Å². The molecule has 3 heteroatoms. The maximum absolute atomic E-state index is 13.4. The summed E-state index contributed by atoms with van der Waals surface area (Å²) in [7, 11) is 0. The third-order valence-corrected chi connectivity index (χ3v) is 3.42. The lowest BCUT2D eigenvalue weighted by atomic mass is 10.1. The first-order chi connectivity index (χ1) is 8.16. The zero-order chi connectivity index (χ0) is 12.3. The Hall–Kier alpha value is -1.22. The number of rotatable bonds is 4. The van der Waals surface area contributed by atoms with E-state index in [4.69, 9.17) is 0 Å². The normalized spacial score (nSPS) is 20.7. The Morgan fingerprint density at radius 2 is 2.24 bits per heavy atom. The van der Waals surface area contributed by atoms with Gasteiger partial charge in [0, 0.05) is 12.5 Å². The summed E-state index contributed by atoms with van der Waals surface area (Å²) in [5.74, 6) is -0.181. The number of halogens is 1. The van der Waals surface area contributed by atoms with E-state index in [2.05, 4.69) is 11.8 Å². The second-order valence-electron chi connectivity index (χ2n) is 4.77. The molecule has 0 spiro atoms. The third-order valence-electron chi connectivity index (χ3n) is 3.42. The Morgan fingerprint density at radius 1 is 1.47 bits per heavy atom. The average molecular weight is 235 g/mol. The van der Waals surface area contributed by atoms with Crippen molar-refractivity contribution in [3.05, 3.63) is 35.6 Å². The van der Waals surface area contributed by atoms with E-state index in [1.54, 1.807) is 18.2 Å². The number of hydrogen-bond acceptors (Lipinski definition) is 2. The SMILES string of the molecule is CC1CCCN1CC(=O)Cc1ccccc1F. The van der Waals surface area contributed by atoms with Crippen molar-refractivity contribution in [2.45, 2.75) is 32.2 Å². The average Bonchev–Trinajstić information content (AvgIpc) is 2.68. The largest absolute Gasteiger partial charge is 0.298 e. The van der Waals surface area contributed by atoms with Gasteiger partial charge in [0.25, 0.3) is 0 Å². The number of benzene rings is 1. The third kappa shape index (κ3) is 3.13. The molecule has 92 valence electrons. The Balaban J connectivity index is 1.91. The molecule has 1 aromatic rings. The maximum Gasteiger partial charge on any atom is 0.151 e. The van der Waals surface area contributed by atoms with Crippen molar-refractivity contribution in [1.82, 2.24) is 4.90 Å². The van der Waals surface area contributed by atoms with E-state index in [-0.39, 0.29) is 18.0 Å². The van der Waals surface area contributed by atoms with Gasteiger partial charge in [-0.2, -0.15) is 0 Å². The molecule has 1 fully saturated rings. The van der Waals surface area contributed by atoms with Crippen LogP contribution in [0.15, 0.2) is 24.3 Å². The summed E-state index contributed by atoms with van der Waals surface area (Å²) in [5, 5.41) is 0. The summed E-state index contributed by atoms with van der Waals surface area (Å²) in [4.78, 5) is 14.0. The number of likely N-dealkylation sites (tertiary alicyclic amines) is 1. The van der Waals surface area contributed by atoms with E-state index >= 15 is 0 Å². The van der Waals surface area contributed by atoms with Crippen LogP contribution in [0.3, 0.4) is 0 Å². The van der Waals surface area contributed by atoms with Crippen LogP contribution in [0.25, 0.3) is 0 Å². The van der Waals surface area contributed by atoms with E-state index in [9.17, 15) is 9.18 Å². The van der Waals surface area contributed by atoms with Crippen LogP contribution in [0, 0.1) is 5.82 Å². The molecule has 0 radical (unpaired) electrons. The first kappa shape index (κ1) is 12.2. The highest BCUT2D eigenvalue weighted by Gasteiger charge is 2.22. The van der Waals surface area contributed by atoms with E-state index in [0.29, 0.717) is 18.2 Å². The quantitative estimate of drug-likeness (QED) is 0.798. The fourth-order valence-corrected chi connectivity index (χ4v) is 2.36. The monoisotopic (exact) mass is 235 g/mol. The van der Waals surface area contributed by atoms with Gasteiger partial charge in [-0.15, -0.1) is 0 Å². The van der Waals surface area contributed by atoms with Crippen molar-refractivity contribution in [3.63, 3.8) is 0 Å². The fourth-order valence-electron chi connectivity index (χ4n) is 2.36. The minimum Gasteiger partial charge on any atom is -0.298 e. The summed E-state index contributed by atoms with van der Waals surface area (Å²) >= 11 is 0. The maximum atomic E-state index is 13.4. The summed E-state index contributed by atoms with van der Waals surface area (Å²) in [5.41, 5.74) is 0.504. The fraction of sp³-hybridized carbons (Fsp3) is 0.500. The zero-order valence-electron chi connectivity index (χ0n) is 10.2. The number of ketones is 1. The molecule has 0 N–H and O–H groups in total. The van der Waals surface area contributed by atoms with Crippen LogP contribution in [0.5, 0.6) is 0 Å². The molecule has 0 saturated carbocycles. The highest BCUT2D eigenvalue weighted by molar-refractivity contribution is 5.82. The topological polar surface area (TPSA) is 20.3 Å². The van der Waals surface area contributed by atoms with Crippen LogP contribution < -0.4 is 0 Å². The molecule has 1 saturated heterocycles. The first-order valence-corrected chi connectivity index (χ1v) is 6.16. The van der Waals surface area contributed by atoms with Gasteiger partial charge in [0.2, 0.25) is 0 Å². The van der Waals surface area contributed by atoms with E-state index in [1.165, 1.54) is 6.07 Å². The van der Waals surface area contributed by atoms with E-state index in [1.807, 2.05) is 0 Å². The van der Waals surface area contributed by atoms with Crippen LogP contribution in [0.2, 0.25) is 0 Å². The zero-order valence-corrected chi connectivity index (χ0v) is 10.2. The molecule has 2 nitrogen and oxygen atoms in total. The Kier molecular flexibility index (Phi) is 3.89. The van der Waals surface area contributed by atoms with Crippen molar-refractivity contribution < 1.29 is 9.18 Å². The van der Waals surface area contributed by atoms with Crippen LogP contribution in [-0.2, 0) is 11.2 Å². The molecule has 2 rings (SSSR count). The molecule has 1 atom stereocenters. The molecule has 1 heterocycles. The number of hydrogen-bond donors (Lipinski definition) is 0. The molecule has 0 aliphatic carbocycles. The lowest BCUT2D eigenvalue weighted by Crippen LogP contribution is -2.33. The number of Topliss-reactive ketones (excluding diaryl/α,β-unsaturated/α-hetero) is 1. The van der Waals surface area contributed by atoms with E-state index in [0.717, 1.165) is 19.4 Å². The van der Waals surface area contributed by atoms with E-state index < -0.39 is 0 Å². The van der Waals surface area contributed by atoms with Gasteiger partial charge in [-0.3, -0.25) is 9.69 Å². The number of carbonyl (C=O) groups excluding carboxylic acids is 1. The Morgan fingerprint density at radius 3 is 2.88 bits per heavy atom. The van der Waals surface area contributed by atoms with Gasteiger partial charge in [-0.05, 0) is 37.9 Å². The van der Waals surface area contributed by atoms with Crippen molar-refractivity contribution in [2.24, 2.45) is 0 Å². The minimum absolute atomic E-state index is 0.101. The summed E-state index contributed by atoms with van der Waals surface area (Å²) in [6.07, 6.45) is 2.52. The predicted molar refractivity (Wildman–Crippen MR) is 65.4 cm³/mol. The van der Waals surface area contributed by atoms with Gasteiger partial charge in [-0.25, -0.2) is 4.39 Å². The molecule has 1 aromatic carbocycles. The minimum atomic E-state index is -0.282. The molecule has 0 amide bonds. The van der Waals surface area contributed by atoms with Crippen molar-refractivity contribution in [3.8, 4) is 0 Å². The first-order valence-electron chi connectivity index (χ1n) is 6.16. The molecule has 17 heavy (non-hydrogen) atoms. The molecule has 0 aromatic heterocycles. The number of carbonyl (C=O) groups is 1. The predicted octanol–water partition coefficient (Wildman–Crippen LogP) is 2.42. The molecular weight excluding hydrogens is 217 g/mol. The number of nitrogens with zero attached hydrogens (tertiary/aromatic N) is 1. The summed E-state index contributed by atoms with van der Waals surface area (Å²) in [6.45, 7) is 3.59.